The molecule has 80 valence electrons. The Morgan fingerprint density at radius 3 is 2.50 bits per heavy atom. The highest BCUT2D eigenvalue weighted by molar-refractivity contribution is 5.13. The van der Waals surface area contributed by atoms with Crippen LogP contribution >= 0.6 is 0 Å². The van der Waals surface area contributed by atoms with Crippen LogP contribution in [-0.2, 0) is 13.1 Å². The van der Waals surface area contributed by atoms with Crippen LogP contribution in [0, 0.1) is 0 Å². The van der Waals surface area contributed by atoms with Crippen LogP contribution in [0.1, 0.15) is 38.1 Å². The van der Waals surface area contributed by atoms with Crippen LogP contribution in [0.3, 0.4) is 0 Å². The van der Waals surface area contributed by atoms with E-state index < -0.39 is 0 Å². The van der Waals surface area contributed by atoms with E-state index >= 15 is 0 Å². The molecular formula is C11H21N3. The van der Waals surface area contributed by atoms with Crippen molar-refractivity contribution < 1.29 is 0 Å². The normalized spacial score (nSPS) is 11.6. The maximum absolute atomic E-state index is 4.57. The van der Waals surface area contributed by atoms with E-state index in [-0.39, 0.29) is 0 Å². The minimum atomic E-state index is 0.517. The summed E-state index contributed by atoms with van der Waals surface area (Å²) in [7, 11) is 4.17. The van der Waals surface area contributed by atoms with Gasteiger partial charge in [-0.1, -0.05) is 13.8 Å². The van der Waals surface area contributed by atoms with Gasteiger partial charge in [0.2, 0.25) is 0 Å². The van der Waals surface area contributed by atoms with E-state index in [0.29, 0.717) is 5.92 Å². The summed E-state index contributed by atoms with van der Waals surface area (Å²) in [6.07, 6.45) is 0. The fourth-order valence-corrected chi connectivity index (χ4v) is 1.48. The smallest absolute Gasteiger partial charge is 0.0653 e. The molecule has 0 saturated heterocycles. The lowest BCUT2D eigenvalue weighted by Crippen LogP contribution is -2.14. The van der Waals surface area contributed by atoms with Gasteiger partial charge >= 0.3 is 0 Å². The van der Waals surface area contributed by atoms with E-state index in [2.05, 4.69) is 55.6 Å². The summed E-state index contributed by atoms with van der Waals surface area (Å²) in [6.45, 7) is 8.42. The summed E-state index contributed by atoms with van der Waals surface area (Å²) in [6, 6.07) is 2.22. The first kappa shape index (κ1) is 11.2. The number of hydrogen-bond acceptors (Lipinski definition) is 2. The zero-order valence-corrected chi connectivity index (χ0v) is 9.91. The van der Waals surface area contributed by atoms with Crippen LogP contribution in [-0.4, -0.2) is 28.8 Å². The van der Waals surface area contributed by atoms with E-state index in [0.717, 1.165) is 13.1 Å². The maximum atomic E-state index is 4.57. The van der Waals surface area contributed by atoms with Gasteiger partial charge in [0, 0.05) is 13.1 Å². The fraction of sp³-hybridized carbons (Fsp3) is 0.727. The van der Waals surface area contributed by atoms with Gasteiger partial charge in [-0.05, 0) is 33.0 Å². The Hall–Kier alpha value is -0.830. The lowest BCUT2D eigenvalue weighted by molar-refractivity contribution is 0.383. The Morgan fingerprint density at radius 1 is 1.43 bits per heavy atom. The zero-order valence-electron chi connectivity index (χ0n) is 9.91. The SMILES string of the molecule is CCn1nc(C(C)C)cc1CN(C)C. The summed E-state index contributed by atoms with van der Waals surface area (Å²) in [5.74, 6) is 0.517. The van der Waals surface area contributed by atoms with Crippen molar-refractivity contribution in [2.45, 2.75) is 39.8 Å². The monoisotopic (exact) mass is 195 g/mol. The third-order valence-corrected chi connectivity index (χ3v) is 2.25. The molecule has 0 fully saturated rings. The van der Waals surface area contributed by atoms with Crippen LogP contribution in [0.25, 0.3) is 0 Å². The Bertz CT molecular complexity index is 287. The molecule has 0 aromatic carbocycles. The average Bonchev–Trinajstić information content (AvgIpc) is 2.46. The molecule has 0 aliphatic rings. The first-order valence-corrected chi connectivity index (χ1v) is 5.26. The predicted octanol–water partition coefficient (Wildman–Crippen LogP) is 2.09. The molecule has 1 aromatic rings. The minimum absolute atomic E-state index is 0.517. The highest BCUT2D eigenvalue weighted by Crippen LogP contribution is 2.15. The van der Waals surface area contributed by atoms with Gasteiger partial charge in [0.05, 0.1) is 11.4 Å². The highest BCUT2D eigenvalue weighted by atomic mass is 15.3. The Labute approximate surface area is 86.7 Å². The van der Waals surface area contributed by atoms with Crippen molar-refractivity contribution in [3.05, 3.63) is 17.5 Å². The molecule has 0 amide bonds. The van der Waals surface area contributed by atoms with Crippen LogP contribution in [0.2, 0.25) is 0 Å². The van der Waals surface area contributed by atoms with Crippen LogP contribution < -0.4 is 0 Å². The van der Waals surface area contributed by atoms with Gasteiger partial charge in [-0.3, -0.25) is 4.68 Å². The third-order valence-electron chi connectivity index (χ3n) is 2.25. The van der Waals surface area contributed by atoms with E-state index in [1.54, 1.807) is 0 Å². The fourth-order valence-electron chi connectivity index (χ4n) is 1.48. The van der Waals surface area contributed by atoms with Gasteiger partial charge in [-0.25, -0.2) is 0 Å². The molecule has 14 heavy (non-hydrogen) atoms. The molecule has 1 heterocycles. The molecule has 0 spiro atoms. The van der Waals surface area contributed by atoms with Crippen molar-refractivity contribution in [2.75, 3.05) is 14.1 Å². The van der Waals surface area contributed by atoms with Crippen LogP contribution in [0.4, 0.5) is 0 Å². The molecule has 0 aliphatic carbocycles. The van der Waals surface area contributed by atoms with Crippen molar-refractivity contribution >= 4 is 0 Å². The maximum Gasteiger partial charge on any atom is 0.0653 e. The third kappa shape index (κ3) is 2.58. The first-order valence-electron chi connectivity index (χ1n) is 5.26. The number of aromatic nitrogens is 2. The van der Waals surface area contributed by atoms with E-state index in [4.69, 9.17) is 0 Å². The Kier molecular flexibility index (Phi) is 3.69. The summed E-state index contributed by atoms with van der Waals surface area (Å²) < 4.78 is 2.09. The average molecular weight is 195 g/mol. The van der Waals surface area contributed by atoms with Crippen molar-refractivity contribution in [2.24, 2.45) is 0 Å². The summed E-state index contributed by atoms with van der Waals surface area (Å²) >= 11 is 0. The van der Waals surface area contributed by atoms with Crippen molar-refractivity contribution in [3.8, 4) is 0 Å². The molecular weight excluding hydrogens is 174 g/mol. The molecule has 0 radical (unpaired) electrons. The molecule has 0 aliphatic heterocycles. The Balaban J connectivity index is 2.90. The van der Waals surface area contributed by atoms with Gasteiger partial charge < -0.3 is 4.90 Å². The first-order chi connectivity index (χ1) is 6.54. The lowest BCUT2D eigenvalue weighted by atomic mass is 10.1. The standard InChI is InChI=1S/C11H21N3/c1-6-14-10(8-13(4)5)7-11(12-14)9(2)3/h7,9H,6,8H2,1-5H3. The van der Waals surface area contributed by atoms with Crippen LogP contribution in [0.5, 0.6) is 0 Å². The zero-order chi connectivity index (χ0) is 10.7. The van der Waals surface area contributed by atoms with E-state index in [9.17, 15) is 0 Å². The number of nitrogens with zero attached hydrogens (tertiary/aromatic N) is 3. The van der Waals surface area contributed by atoms with E-state index in [1.807, 2.05) is 0 Å². The molecule has 0 saturated carbocycles. The van der Waals surface area contributed by atoms with Crippen molar-refractivity contribution in [1.29, 1.82) is 0 Å². The molecule has 0 unspecified atom stereocenters. The second-order valence-electron chi connectivity index (χ2n) is 4.27. The lowest BCUT2D eigenvalue weighted by Gasteiger charge is -2.10. The summed E-state index contributed by atoms with van der Waals surface area (Å²) in [5, 5.41) is 4.57. The van der Waals surface area contributed by atoms with Gasteiger partial charge in [0.25, 0.3) is 0 Å². The van der Waals surface area contributed by atoms with Crippen molar-refractivity contribution in [1.82, 2.24) is 14.7 Å². The Morgan fingerprint density at radius 2 is 2.07 bits per heavy atom. The van der Waals surface area contributed by atoms with Gasteiger partial charge in [-0.2, -0.15) is 5.10 Å². The van der Waals surface area contributed by atoms with Crippen LogP contribution in [0.15, 0.2) is 6.07 Å². The molecule has 3 heteroatoms. The largest absolute Gasteiger partial charge is 0.304 e. The second kappa shape index (κ2) is 4.60. The van der Waals surface area contributed by atoms with Gasteiger partial charge in [0.15, 0.2) is 0 Å². The molecule has 1 aromatic heterocycles. The van der Waals surface area contributed by atoms with E-state index in [1.165, 1.54) is 11.4 Å². The number of aryl methyl sites for hydroxylation is 1. The molecule has 0 N–H and O–H groups in total. The number of rotatable bonds is 4. The molecule has 0 bridgehead atoms. The van der Waals surface area contributed by atoms with Gasteiger partial charge in [-0.15, -0.1) is 0 Å². The minimum Gasteiger partial charge on any atom is -0.304 e. The molecule has 0 atom stereocenters. The topological polar surface area (TPSA) is 21.1 Å². The molecule has 3 nitrogen and oxygen atoms in total. The summed E-state index contributed by atoms with van der Waals surface area (Å²) in [4.78, 5) is 2.17. The molecule has 1 rings (SSSR count). The summed E-state index contributed by atoms with van der Waals surface area (Å²) in [5.41, 5.74) is 2.50. The predicted molar refractivity (Wildman–Crippen MR) is 59.4 cm³/mol. The number of hydrogen-bond donors (Lipinski definition) is 0. The highest BCUT2D eigenvalue weighted by Gasteiger charge is 2.09. The second-order valence-corrected chi connectivity index (χ2v) is 4.27. The van der Waals surface area contributed by atoms with Crippen molar-refractivity contribution in [3.63, 3.8) is 0 Å². The quantitative estimate of drug-likeness (QED) is 0.733. The van der Waals surface area contributed by atoms with Gasteiger partial charge in [0.1, 0.15) is 0 Å².